The fraction of sp³-hybridized carbons (Fsp3) is 0.909. The highest BCUT2D eigenvalue weighted by Crippen LogP contribution is 2.27. The number of aliphatic hydroxyl groups excluding tert-OH is 2. The van der Waals surface area contributed by atoms with Crippen LogP contribution < -0.4 is 10.6 Å². The highest BCUT2D eigenvalue weighted by Gasteiger charge is 2.27. The molecule has 0 radical (unpaired) electrons. The molecule has 5 nitrogen and oxygen atoms in total. The predicted molar refractivity (Wildman–Crippen MR) is 60.9 cm³/mol. The van der Waals surface area contributed by atoms with E-state index in [1.165, 1.54) is 12.8 Å². The number of carbonyl (C=O) groups excluding carboxylic acids is 1. The van der Waals surface area contributed by atoms with Crippen molar-refractivity contribution < 1.29 is 15.0 Å². The molecule has 5 heteroatoms. The maximum absolute atomic E-state index is 11.4. The molecule has 1 aliphatic carbocycles. The molecular weight excluding hydrogens is 208 g/mol. The summed E-state index contributed by atoms with van der Waals surface area (Å²) in [4.78, 5) is 11.4. The van der Waals surface area contributed by atoms with Crippen LogP contribution in [0.1, 0.15) is 26.2 Å². The zero-order valence-electron chi connectivity index (χ0n) is 9.83. The normalized spacial score (nSPS) is 16.2. The number of carbonyl (C=O) groups is 1. The van der Waals surface area contributed by atoms with Gasteiger partial charge < -0.3 is 15.5 Å². The van der Waals surface area contributed by atoms with Gasteiger partial charge in [0.25, 0.3) is 0 Å². The van der Waals surface area contributed by atoms with Crippen molar-refractivity contribution in [1.29, 1.82) is 0 Å². The van der Waals surface area contributed by atoms with Gasteiger partial charge in [0.05, 0.1) is 25.3 Å². The Balaban J connectivity index is 2.21. The summed E-state index contributed by atoms with van der Waals surface area (Å²) in [6, 6.07) is 0. The van der Waals surface area contributed by atoms with Crippen LogP contribution in [-0.4, -0.2) is 48.0 Å². The largest absolute Gasteiger partial charge is 0.394 e. The quantitative estimate of drug-likeness (QED) is 0.441. The van der Waals surface area contributed by atoms with E-state index < -0.39 is 5.54 Å². The molecule has 94 valence electrons. The Morgan fingerprint density at radius 3 is 2.44 bits per heavy atom. The van der Waals surface area contributed by atoms with Gasteiger partial charge in [-0.3, -0.25) is 10.1 Å². The van der Waals surface area contributed by atoms with Gasteiger partial charge in [0.2, 0.25) is 5.91 Å². The second-order valence-corrected chi connectivity index (χ2v) is 4.55. The third-order valence-corrected chi connectivity index (χ3v) is 3.19. The third kappa shape index (κ3) is 4.08. The van der Waals surface area contributed by atoms with Crippen molar-refractivity contribution in [3.63, 3.8) is 0 Å². The molecule has 1 rings (SSSR count). The average molecular weight is 230 g/mol. The number of amides is 1. The first-order valence-electron chi connectivity index (χ1n) is 5.89. The minimum atomic E-state index is -0.739. The van der Waals surface area contributed by atoms with Crippen LogP contribution in [0.5, 0.6) is 0 Å². The summed E-state index contributed by atoms with van der Waals surface area (Å²) in [5, 5.41) is 24.1. The minimum Gasteiger partial charge on any atom is -0.394 e. The van der Waals surface area contributed by atoms with Gasteiger partial charge in [-0.1, -0.05) is 6.92 Å². The van der Waals surface area contributed by atoms with Gasteiger partial charge >= 0.3 is 0 Å². The summed E-state index contributed by atoms with van der Waals surface area (Å²) < 4.78 is 0. The van der Waals surface area contributed by atoms with Crippen molar-refractivity contribution in [2.45, 2.75) is 31.7 Å². The van der Waals surface area contributed by atoms with Gasteiger partial charge in [0.1, 0.15) is 0 Å². The molecule has 0 aromatic carbocycles. The lowest BCUT2D eigenvalue weighted by molar-refractivity contribution is -0.120. The lowest BCUT2D eigenvalue weighted by Crippen LogP contribution is -2.54. The van der Waals surface area contributed by atoms with Gasteiger partial charge in [-0.05, 0) is 25.2 Å². The molecule has 1 aliphatic rings. The van der Waals surface area contributed by atoms with Crippen LogP contribution in [-0.2, 0) is 4.79 Å². The molecule has 1 fully saturated rings. The van der Waals surface area contributed by atoms with E-state index in [0.29, 0.717) is 12.3 Å². The van der Waals surface area contributed by atoms with Crippen molar-refractivity contribution in [2.24, 2.45) is 5.92 Å². The Labute approximate surface area is 96.2 Å². The Kier molecular flexibility index (Phi) is 5.18. The molecular formula is C11H22N2O3. The van der Waals surface area contributed by atoms with Gasteiger partial charge in [-0.2, -0.15) is 0 Å². The van der Waals surface area contributed by atoms with Gasteiger partial charge in [0, 0.05) is 6.54 Å². The fourth-order valence-corrected chi connectivity index (χ4v) is 1.42. The number of rotatable bonds is 8. The maximum Gasteiger partial charge on any atom is 0.233 e. The van der Waals surface area contributed by atoms with E-state index in [1.54, 1.807) is 0 Å². The van der Waals surface area contributed by atoms with Gasteiger partial charge in [0.15, 0.2) is 0 Å². The van der Waals surface area contributed by atoms with Crippen molar-refractivity contribution in [3.05, 3.63) is 0 Å². The van der Waals surface area contributed by atoms with Gasteiger partial charge in [-0.15, -0.1) is 0 Å². The first-order chi connectivity index (χ1) is 7.65. The van der Waals surface area contributed by atoms with E-state index in [4.69, 9.17) is 10.2 Å². The van der Waals surface area contributed by atoms with Crippen LogP contribution in [0, 0.1) is 5.92 Å². The summed E-state index contributed by atoms with van der Waals surface area (Å²) in [6.45, 7) is 2.41. The second-order valence-electron chi connectivity index (χ2n) is 4.55. The monoisotopic (exact) mass is 230 g/mol. The zero-order valence-corrected chi connectivity index (χ0v) is 9.83. The van der Waals surface area contributed by atoms with Crippen molar-refractivity contribution in [3.8, 4) is 0 Å². The molecule has 0 bridgehead atoms. The van der Waals surface area contributed by atoms with Crippen molar-refractivity contribution >= 4 is 5.91 Å². The molecule has 0 unspecified atom stereocenters. The van der Waals surface area contributed by atoms with Gasteiger partial charge in [-0.25, -0.2) is 0 Å². The SMILES string of the molecule is CCC(CO)(CO)NCC(=O)NCC1CC1. The van der Waals surface area contributed by atoms with E-state index in [2.05, 4.69) is 10.6 Å². The topological polar surface area (TPSA) is 81.6 Å². The highest BCUT2D eigenvalue weighted by atomic mass is 16.3. The predicted octanol–water partition coefficient (Wildman–Crippen LogP) is -0.764. The second kappa shape index (κ2) is 6.18. The first-order valence-corrected chi connectivity index (χ1v) is 5.89. The summed E-state index contributed by atoms with van der Waals surface area (Å²) >= 11 is 0. The number of nitrogens with one attached hydrogen (secondary N) is 2. The molecule has 0 saturated heterocycles. The Morgan fingerprint density at radius 1 is 1.38 bits per heavy atom. The minimum absolute atomic E-state index is 0.0772. The van der Waals surface area contributed by atoms with Crippen LogP contribution >= 0.6 is 0 Å². The molecule has 1 amide bonds. The van der Waals surface area contributed by atoms with Crippen LogP contribution in [0.15, 0.2) is 0 Å². The molecule has 0 atom stereocenters. The van der Waals surface area contributed by atoms with Crippen molar-refractivity contribution in [2.75, 3.05) is 26.3 Å². The molecule has 0 heterocycles. The summed E-state index contributed by atoms with van der Waals surface area (Å²) in [5.74, 6) is 0.585. The highest BCUT2D eigenvalue weighted by molar-refractivity contribution is 5.78. The molecule has 4 N–H and O–H groups in total. The van der Waals surface area contributed by atoms with E-state index in [9.17, 15) is 4.79 Å². The molecule has 0 aromatic rings. The van der Waals surface area contributed by atoms with Crippen LogP contribution in [0.25, 0.3) is 0 Å². The molecule has 0 aromatic heterocycles. The molecule has 1 saturated carbocycles. The third-order valence-electron chi connectivity index (χ3n) is 3.19. The summed E-state index contributed by atoms with van der Waals surface area (Å²) in [6.07, 6.45) is 3.00. The smallest absolute Gasteiger partial charge is 0.233 e. The summed E-state index contributed by atoms with van der Waals surface area (Å²) in [7, 11) is 0. The van der Waals surface area contributed by atoms with Crippen LogP contribution in [0.4, 0.5) is 0 Å². The molecule has 0 aliphatic heterocycles. The number of hydrogen-bond donors (Lipinski definition) is 4. The molecule has 0 spiro atoms. The van der Waals surface area contributed by atoms with Crippen LogP contribution in [0.3, 0.4) is 0 Å². The Bertz CT molecular complexity index is 217. The van der Waals surface area contributed by atoms with E-state index in [1.807, 2.05) is 6.92 Å². The number of hydrogen-bond acceptors (Lipinski definition) is 4. The average Bonchev–Trinajstić information content (AvgIpc) is 3.13. The van der Waals surface area contributed by atoms with Crippen LogP contribution in [0.2, 0.25) is 0 Å². The fourth-order valence-electron chi connectivity index (χ4n) is 1.42. The lowest BCUT2D eigenvalue weighted by Gasteiger charge is -2.29. The maximum atomic E-state index is 11.4. The Morgan fingerprint density at radius 2 is 2.00 bits per heavy atom. The number of aliphatic hydroxyl groups is 2. The lowest BCUT2D eigenvalue weighted by atomic mass is 9.98. The first kappa shape index (κ1) is 13.4. The summed E-state index contributed by atoms with van der Waals surface area (Å²) in [5.41, 5.74) is -0.739. The van der Waals surface area contributed by atoms with E-state index >= 15 is 0 Å². The van der Waals surface area contributed by atoms with E-state index in [0.717, 1.165) is 6.54 Å². The van der Waals surface area contributed by atoms with Crippen molar-refractivity contribution in [1.82, 2.24) is 10.6 Å². The Hall–Kier alpha value is -0.650. The molecule has 16 heavy (non-hydrogen) atoms. The standard InChI is InChI=1S/C11H22N2O3/c1-2-11(7-14,8-15)13-6-10(16)12-5-9-3-4-9/h9,13-15H,2-8H2,1H3,(H,12,16). The zero-order chi connectivity index (χ0) is 12.0. The van der Waals surface area contributed by atoms with E-state index in [-0.39, 0.29) is 25.7 Å².